The molecule has 1 aromatic rings. The number of phenols is 1. The van der Waals surface area contributed by atoms with Gasteiger partial charge in [-0.2, -0.15) is 0 Å². The Morgan fingerprint density at radius 1 is 1.53 bits per heavy atom. The Labute approximate surface area is 113 Å². The zero-order valence-corrected chi connectivity index (χ0v) is 11.3. The largest absolute Gasteiger partial charge is 0.508 e. The van der Waals surface area contributed by atoms with Gasteiger partial charge in [-0.1, -0.05) is 13.0 Å². The Bertz CT molecular complexity index is 450. The summed E-state index contributed by atoms with van der Waals surface area (Å²) in [5, 5.41) is 12.7. The number of likely N-dealkylation sites (N-methyl/N-ethyl adjacent to an activating group) is 1. The average Bonchev–Trinajstić information content (AvgIpc) is 2.86. The molecule has 5 nitrogen and oxygen atoms in total. The zero-order valence-electron chi connectivity index (χ0n) is 11.3. The van der Waals surface area contributed by atoms with Crippen molar-refractivity contribution in [1.29, 1.82) is 0 Å². The Balaban J connectivity index is 2.10. The Morgan fingerprint density at radius 2 is 2.32 bits per heavy atom. The first-order valence-electron chi connectivity index (χ1n) is 6.51. The third-order valence-electron chi connectivity index (χ3n) is 3.41. The SMILES string of the molecule is CCNC1COCC1C(=O)N(C)c1cccc(O)c1. The summed E-state index contributed by atoms with van der Waals surface area (Å²) in [5.74, 6) is -0.00981. The molecule has 0 bridgehead atoms. The number of hydrogen-bond acceptors (Lipinski definition) is 4. The summed E-state index contributed by atoms with van der Waals surface area (Å²) in [6.07, 6.45) is 0. The Kier molecular flexibility index (Phi) is 4.39. The van der Waals surface area contributed by atoms with Crippen molar-refractivity contribution in [3.05, 3.63) is 24.3 Å². The van der Waals surface area contributed by atoms with Crippen LogP contribution < -0.4 is 10.2 Å². The molecule has 2 atom stereocenters. The number of aromatic hydroxyl groups is 1. The van der Waals surface area contributed by atoms with Gasteiger partial charge in [0.1, 0.15) is 5.75 Å². The van der Waals surface area contributed by atoms with E-state index in [4.69, 9.17) is 4.74 Å². The van der Waals surface area contributed by atoms with Crippen LogP contribution in [0.1, 0.15) is 6.92 Å². The molecule has 2 N–H and O–H groups in total. The molecule has 0 aromatic heterocycles. The normalized spacial score (nSPS) is 22.4. The van der Waals surface area contributed by atoms with Crippen molar-refractivity contribution in [1.82, 2.24) is 5.32 Å². The summed E-state index contributed by atoms with van der Waals surface area (Å²) in [7, 11) is 1.72. The highest BCUT2D eigenvalue weighted by atomic mass is 16.5. The smallest absolute Gasteiger partial charge is 0.233 e. The minimum absolute atomic E-state index is 0.00838. The Hall–Kier alpha value is -1.59. The molecule has 1 amide bonds. The fourth-order valence-electron chi connectivity index (χ4n) is 2.34. The highest BCUT2D eigenvalue weighted by Crippen LogP contribution is 2.23. The van der Waals surface area contributed by atoms with Crippen LogP contribution in [0.15, 0.2) is 24.3 Å². The molecule has 1 heterocycles. The van der Waals surface area contributed by atoms with Crippen molar-refractivity contribution in [3.8, 4) is 5.75 Å². The van der Waals surface area contributed by atoms with E-state index in [0.29, 0.717) is 18.9 Å². The van der Waals surface area contributed by atoms with Crippen LogP contribution in [0, 0.1) is 5.92 Å². The summed E-state index contributed by atoms with van der Waals surface area (Å²) >= 11 is 0. The number of nitrogens with zero attached hydrogens (tertiary/aromatic N) is 1. The molecule has 104 valence electrons. The van der Waals surface area contributed by atoms with Crippen molar-refractivity contribution in [2.45, 2.75) is 13.0 Å². The predicted molar refractivity (Wildman–Crippen MR) is 73.3 cm³/mol. The van der Waals surface area contributed by atoms with Gasteiger partial charge in [0.2, 0.25) is 5.91 Å². The van der Waals surface area contributed by atoms with Crippen LogP contribution in [-0.2, 0) is 9.53 Å². The minimum Gasteiger partial charge on any atom is -0.508 e. The standard InChI is InChI=1S/C14H20N2O3/c1-3-15-13-9-19-8-12(13)14(18)16(2)10-5-4-6-11(17)7-10/h4-7,12-13,15,17H,3,8-9H2,1-2H3. The number of nitrogens with one attached hydrogen (secondary N) is 1. The molecule has 2 unspecified atom stereocenters. The van der Waals surface area contributed by atoms with Gasteiger partial charge in [0, 0.05) is 24.8 Å². The van der Waals surface area contributed by atoms with Crippen molar-refractivity contribution in [3.63, 3.8) is 0 Å². The lowest BCUT2D eigenvalue weighted by atomic mass is 10.0. The molecule has 5 heteroatoms. The fraction of sp³-hybridized carbons (Fsp3) is 0.500. The van der Waals surface area contributed by atoms with Crippen molar-refractivity contribution in [2.24, 2.45) is 5.92 Å². The van der Waals surface area contributed by atoms with Crippen molar-refractivity contribution >= 4 is 11.6 Å². The number of hydrogen-bond donors (Lipinski definition) is 2. The lowest BCUT2D eigenvalue weighted by molar-refractivity contribution is -0.122. The van der Waals surface area contributed by atoms with E-state index in [1.165, 1.54) is 0 Å². The summed E-state index contributed by atoms with van der Waals surface area (Å²) < 4.78 is 5.39. The van der Waals surface area contributed by atoms with E-state index in [-0.39, 0.29) is 23.6 Å². The van der Waals surface area contributed by atoms with Gasteiger partial charge < -0.3 is 20.1 Å². The first-order chi connectivity index (χ1) is 9.13. The van der Waals surface area contributed by atoms with E-state index in [2.05, 4.69) is 5.32 Å². The maximum atomic E-state index is 12.5. The first kappa shape index (κ1) is 13.8. The van der Waals surface area contributed by atoms with Crippen LogP contribution in [0.4, 0.5) is 5.69 Å². The second kappa shape index (κ2) is 6.04. The molecule has 1 fully saturated rings. The molecule has 0 saturated carbocycles. The molecule has 0 radical (unpaired) electrons. The first-order valence-corrected chi connectivity index (χ1v) is 6.51. The number of phenolic OH excluding ortho intramolecular Hbond substituents is 1. The molecule has 1 saturated heterocycles. The lowest BCUT2D eigenvalue weighted by Gasteiger charge is -2.24. The van der Waals surface area contributed by atoms with Gasteiger partial charge in [0.25, 0.3) is 0 Å². The molecule has 1 aliphatic heterocycles. The quantitative estimate of drug-likeness (QED) is 0.851. The molecule has 0 spiro atoms. The van der Waals surface area contributed by atoms with Crippen molar-refractivity contribution in [2.75, 3.05) is 31.7 Å². The minimum atomic E-state index is -0.174. The van der Waals surface area contributed by atoms with Crippen LogP contribution in [0.3, 0.4) is 0 Å². The molecular formula is C14H20N2O3. The van der Waals surface area contributed by atoms with Gasteiger partial charge in [-0.15, -0.1) is 0 Å². The van der Waals surface area contributed by atoms with Crippen LogP contribution in [-0.4, -0.2) is 43.9 Å². The number of carbonyl (C=O) groups is 1. The Morgan fingerprint density at radius 3 is 3.00 bits per heavy atom. The van der Waals surface area contributed by atoms with Crippen LogP contribution in [0.25, 0.3) is 0 Å². The zero-order chi connectivity index (χ0) is 13.8. The monoisotopic (exact) mass is 264 g/mol. The van der Waals surface area contributed by atoms with E-state index in [1.807, 2.05) is 6.92 Å². The van der Waals surface area contributed by atoms with Gasteiger partial charge in [0.15, 0.2) is 0 Å². The van der Waals surface area contributed by atoms with E-state index in [9.17, 15) is 9.90 Å². The van der Waals surface area contributed by atoms with E-state index in [0.717, 1.165) is 6.54 Å². The van der Waals surface area contributed by atoms with Crippen LogP contribution >= 0.6 is 0 Å². The van der Waals surface area contributed by atoms with Crippen LogP contribution in [0.2, 0.25) is 0 Å². The number of benzene rings is 1. The predicted octanol–water partition coefficient (Wildman–Crippen LogP) is 0.979. The summed E-state index contributed by atoms with van der Waals surface area (Å²) in [4.78, 5) is 14.0. The third-order valence-corrected chi connectivity index (χ3v) is 3.41. The third kappa shape index (κ3) is 3.05. The number of amides is 1. The fourth-order valence-corrected chi connectivity index (χ4v) is 2.34. The van der Waals surface area contributed by atoms with Gasteiger partial charge >= 0.3 is 0 Å². The van der Waals surface area contributed by atoms with Crippen LogP contribution in [0.5, 0.6) is 5.75 Å². The van der Waals surface area contributed by atoms with E-state index < -0.39 is 0 Å². The maximum absolute atomic E-state index is 12.5. The number of carbonyl (C=O) groups excluding carboxylic acids is 1. The lowest BCUT2D eigenvalue weighted by Crippen LogP contribution is -2.44. The summed E-state index contributed by atoms with van der Waals surface area (Å²) in [6.45, 7) is 3.84. The maximum Gasteiger partial charge on any atom is 0.233 e. The van der Waals surface area contributed by atoms with Gasteiger partial charge in [0.05, 0.1) is 19.1 Å². The van der Waals surface area contributed by atoms with Crippen molar-refractivity contribution < 1.29 is 14.6 Å². The van der Waals surface area contributed by atoms with E-state index >= 15 is 0 Å². The highest BCUT2D eigenvalue weighted by molar-refractivity contribution is 5.95. The second-order valence-corrected chi connectivity index (χ2v) is 4.73. The van der Waals surface area contributed by atoms with E-state index in [1.54, 1.807) is 36.2 Å². The molecule has 19 heavy (non-hydrogen) atoms. The number of ether oxygens (including phenoxy) is 1. The highest BCUT2D eigenvalue weighted by Gasteiger charge is 2.35. The summed E-state index contributed by atoms with van der Waals surface area (Å²) in [6, 6.07) is 6.76. The number of anilines is 1. The van der Waals surface area contributed by atoms with Gasteiger partial charge in [-0.25, -0.2) is 0 Å². The van der Waals surface area contributed by atoms with Gasteiger partial charge in [-0.05, 0) is 18.7 Å². The number of rotatable bonds is 4. The molecule has 2 rings (SSSR count). The molecular weight excluding hydrogens is 244 g/mol. The molecule has 1 aliphatic rings. The van der Waals surface area contributed by atoms with Gasteiger partial charge in [-0.3, -0.25) is 4.79 Å². The molecule has 0 aliphatic carbocycles. The second-order valence-electron chi connectivity index (χ2n) is 4.73. The topological polar surface area (TPSA) is 61.8 Å². The summed E-state index contributed by atoms with van der Waals surface area (Å²) in [5.41, 5.74) is 0.687. The molecule has 1 aromatic carbocycles. The average molecular weight is 264 g/mol.